The maximum absolute atomic E-state index is 13.3. The lowest BCUT2D eigenvalue weighted by Crippen LogP contribution is -2.27. The Hall–Kier alpha value is -1.68. The molecular weight excluding hydrogens is 299 g/mol. The Morgan fingerprint density at radius 2 is 2.00 bits per heavy atom. The molecule has 1 rings (SSSR count). The van der Waals surface area contributed by atoms with Gasteiger partial charge in [-0.15, -0.1) is 0 Å². The van der Waals surface area contributed by atoms with Crippen LogP contribution in [0.4, 0.5) is 24.5 Å². The molecule has 0 aliphatic carbocycles. The number of sulfonamides is 1. The average Bonchev–Trinajstić information content (AvgIpc) is 2.28. The van der Waals surface area contributed by atoms with Gasteiger partial charge in [-0.25, -0.2) is 17.5 Å². The molecule has 0 saturated carbocycles. The molecule has 0 amide bonds. The third-order valence-corrected chi connectivity index (χ3v) is 2.85. The summed E-state index contributed by atoms with van der Waals surface area (Å²) in [6, 6.07) is 1.82. The molecule has 6 nitrogen and oxygen atoms in total. The lowest BCUT2D eigenvalue weighted by Gasteiger charge is -2.12. The first-order chi connectivity index (χ1) is 9.19. The molecule has 10 heteroatoms. The summed E-state index contributed by atoms with van der Waals surface area (Å²) in [5.41, 5.74) is 5.66. The number of hydrogen-bond acceptors (Lipinski definition) is 5. The predicted molar refractivity (Wildman–Crippen MR) is 68.8 cm³/mol. The Morgan fingerprint density at radius 1 is 1.35 bits per heavy atom. The van der Waals surface area contributed by atoms with Gasteiger partial charge in [-0.05, 0) is 0 Å². The van der Waals surface area contributed by atoms with Gasteiger partial charge in [0.2, 0.25) is 10.0 Å². The van der Waals surface area contributed by atoms with Crippen molar-refractivity contribution in [3.05, 3.63) is 17.9 Å². The van der Waals surface area contributed by atoms with E-state index in [1.165, 1.54) is 0 Å². The zero-order valence-corrected chi connectivity index (χ0v) is 11.3. The van der Waals surface area contributed by atoms with Gasteiger partial charge in [0.15, 0.2) is 11.6 Å². The summed E-state index contributed by atoms with van der Waals surface area (Å²) in [7, 11) is -3.32. The summed E-state index contributed by atoms with van der Waals surface area (Å²) in [6.07, 6.45) is 0.994. The van der Waals surface area contributed by atoms with E-state index >= 15 is 0 Å². The number of hydrogen-bond donors (Lipinski definition) is 3. The Kier molecular flexibility index (Phi) is 5.45. The zero-order chi connectivity index (χ0) is 15.3. The number of nitrogens with one attached hydrogen (secondary N) is 2. The van der Waals surface area contributed by atoms with Gasteiger partial charge in [-0.3, -0.25) is 0 Å². The van der Waals surface area contributed by atoms with Crippen LogP contribution in [0, 0.1) is 5.82 Å². The number of anilines is 2. The van der Waals surface area contributed by atoms with Crippen LogP contribution in [0.5, 0.6) is 5.75 Å². The minimum atomic E-state index is -3.32. The fraction of sp³-hybridized carbons (Fsp3) is 0.400. The molecule has 4 N–H and O–H groups in total. The molecule has 0 fully saturated rings. The zero-order valence-electron chi connectivity index (χ0n) is 10.5. The molecule has 114 valence electrons. The summed E-state index contributed by atoms with van der Waals surface area (Å²) in [5, 5.41) is 2.68. The monoisotopic (exact) mass is 313 g/mol. The van der Waals surface area contributed by atoms with E-state index in [2.05, 4.69) is 14.8 Å². The molecule has 1 aromatic carbocycles. The third-order valence-electron chi connectivity index (χ3n) is 2.12. The van der Waals surface area contributed by atoms with Crippen molar-refractivity contribution in [2.45, 2.75) is 6.61 Å². The molecule has 20 heavy (non-hydrogen) atoms. The Bertz CT molecular complexity index is 566. The normalized spacial score (nSPS) is 11.7. The standard InChI is InChI=1S/C10H14F3N3O3S/c1-20(17,18)16-3-2-15-8-5-9(19-10(12)13)6(11)4-7(8)14/h4-5,10,15-16H,2-3,14H2,1H3. The van der Waals surface area contributed by atoms with Crippen LogP contribution in [0.2, 0.25) is 0 Å². The van der Waals surface area contributed by atoms with E-state index in [1.807, 2.05) is 0 Å². The maximum Gasteiger partial charge on any atom is 0.387 e. The Morgan fingerprint density at radius 3 is 2.55 bits per heavy atom. The van der Waals surface area contributed by atoms with Crippen LogP contribution in [-0.4, -0.2) is 34.4 Å². The summed E-state index contributed by atoms with van der Waals surface area (Å²) in [4.78, 5) is 0. The highest BCUT2D eigenvalue weighted by atomic mass is 32.2. The summed E-state index contributed by atoms with van der Waals surface area (Å²) >= 11 is 0. The Labute approximate surface area is 114 Å². The van der Waals surface area contributed by atoms with Crippen LogP contribution in [0.25, 0.3) is 0 Å². The number of nitrogen functional groups attached to an aromatic ring is 1. The average molecular weight is 313 g/mol. The van der Waals surface area contributed by atoms with E-state index in [4.69, 9.17) is 5.73 Å². The van der Waals surface area contributed by atoms with E-state index in [9.17, 15) is 21.6 Å². The van der Waals surface area contributed by atoms with Gasteiger partial charge < -0.3 is 15.8 Å². The molecular formula is C10H14F3N3O3S. The molecule has 0 atom stereocenters. The highest BCUT2D eigenvalue weighted by molar-refractivity contribution is 7.88. The van der Waals surface area contributed by atoms with Crippen molar-refractivity contribution in [2.75, 3.05) is 30.4 Å². The van der Waals surface area contributed by atoms with Crippen molar-refractivity contribution < 1.29 is 26.3 Å². The molecule has 1 aromatic rings. The van der Waals surface area contributed by atoms with Crippen LogP contribution in [0.1, 0.15) is 0 Å². The summed E-state index contributed by atoms with van der Waals surface area (Å²) in [6.45, 7) is -2.97. The fourth-order valence-corrected chi connectivity index (χ4v) is 1.81. The van der Waals surface area contributed by atoms with Crippen LogP contribution in [0.3, 0.4) is 0 Å². The lowest BCUT2D eigenvalue weighted by atomic mass is 10.2. The molecule has 0 saturated heterocycles. The van der Waals surface area contributed by atoms with Gasteiger partial charge in [0, 0.05) is 25.2 Å². The van der Waals surface area contributed by atoms with Crippen molar-refractivity contribution >= 4 is 21.4 Å². The van der Waals surface area contributed by atoms with E-state index in [-0.39, 0.29) is 24.5 Å². The van der Waals surface area contributed by atoms with Crippen LogP contribution >= 0.6 is 0 Å². The second-order valence-electron chi connectivity index (χ2n) is 3.84. The number of nitrogens with two attached hydrogens (primary N) is 1. The second kappa shape index (κ2) is 6.66. The first kappa shape index (κ1) is 16.4. The largest absolute Gasteiger partial charge is 0.432 e. The van der Waals surface area contributed by atoms with Gasteiger partial charge >= 0.3 is 6.61 Å². The van der Waals surface area contributed by atoms with Gasteiger partial charge in [0.05, 0.1) is 17.6 Å². The molecule has 0 aliphatic heterocycles. The van der Waals surface area contributed by atoms with Crippen LogP contribution in [-0.2, 0) is 10.0 Å². The minimum absolute atomic E-state index is 0.0107. The molecule has 0 aromatic heterocycles. The SMILES string of the molecule is CS(=O)(=O)NCCNc1cc(OC(F)F)c(F)cc1N. The fourth-order valence-electron chi connectivity index (χ4n) is 1.34. The predicted octanol–water partition coefficient (Wildman–Crippen LogP) is 0.970. The highest BCUT2D eigenvalue weighted by Crippen LogP contribution is 2.29. The van der Waals surface area contributed by atoms with Gasteiger partial charge in [0.25, 0.3) is 0 Å². The first-order valence-electron chi connectivity index (χ1n) is 5.41. The van der Waals surface area contributed by atoms with Crippen molar-refractivity contribution in [3.63, 3.8) is 0 Å². The van der Waals surface area contributed by atoms with E-state index in [0.29, 0.717) is 0 Å². The van der Waals surface area contributed by atoms with Crippen molar-refractivity contribution in [2.24, 2.45) is 0 Å². The smallest absolute Gasteiger partial charge is 0.387 e. The summed E-state index contributed by atoms with van der Waals surface area (Å²) in [5.74, 6) is -1.66. The molecule has 0 heterocycles. The summed E-state index contributed by atoms with van der Waals surface area (Å²) < 4.78 is 65.2. The van der Waals surface area contributed by atoms with E-state index in [0.717, 1.165) is 18.4 Å². The highest BCUT2D eigenvalue weighted by Gasteiger charge is 2.13. The maximum atomic E-state index is 13.3. The van der Waals surface area contributed by atoms with Gasteiger partial charge in [0.1, 0.15) is 0 Å². The van der Waals surface area contributed by atoms with Crippen LogP contribution in [0.15, 0.2) is 12.1 Å². The number of rotatable bonds is 7. The molecule has 0 unspecified atom stereocenters. The topological polar surface area (TPSA) is 93.5 Å². The molecule has 0 aliphatic rings. The molecule has 0 radical (unpaired) electrons. The van der Waals surface area contributed by atoms with E-state index < -0.39 is 28.2 Å². The second-order valence-corrected chi connectivity index (χ2v) is 5.67. The van der Waals surface area contributed by atoms with Gasteiger partial charge in [-0.2, -0.15) is 8.78 Å². The first-order valence-corrected chi connectivity index (χ1v) is 7.30. The number of ether oxygens (including phenoxy) is 1. The molecule has 0 bridgehead atoms. The minimum Gasteiger partial charge on any atom is -0.432 e. The number of benzene rings is 1. The van der Waals surface area contributed by atoms with Crippen molar-refractivity contribution in [3.8, 4) is 5.75 Å². The lowest BCUT2D eigenvalue weighted by molar-refractivity contribution is -0.0521. The third kappa shape index (κ3) is 5.53. The molecule has 0 spiro atoms. The number of halogens is 3. The van der Waals surface area contributed by atoms with Crippen molar-refractivity contribution in [1.82, 2.24) is 4.72 Å². The van der Waals surface area contributed by atoms with Gasteiger partial charge in [-0.1, -0.05) is 0 Å². The number of alkyl halides is 2. The van der Waals surface area contributed by atoms with E-state index in [1.54, 1.807) is 0 Å². The van der Waals surface area contributed by atoms with Crippen LogP contribution < -0.4 is 20.5 Å². The quantitative estimate of drug-likeness (QED) is 0.515. The van der Waals surface area contributed by atoms with Crippen molar-refractivity contribution in [1.29, 1.82) is 0 Å². The Balaban J connectivity index is 2.69.